The van der Waals surface area contributed by atoms with Crippen molar-refractivity contribution in [2.75, 3.05) is 10.6 Å². The molecule has 0 saturated carbocycles. The lowest BCUT2D eigenvalue weighted by molar-refractivity contribution is 0.481. The molecule has 0 aliphatic heterocycles. The molecule has 2 rings (SSSR count). The molecule has 0 heterocycles. The van der Waals surface area contributed by atoms with Gasteiger partial charge in [-0.25, -0.2) is 4.99 Å². The van der Waals surface area contributed by atoms with Crippen LogP contribution in [-0.2, 0) is 20.2 Å². The molecule has 2 aromatic carbocycles. The Morgan fingerprint density at radius 3 is 1.72 bits per heavy atom. The largest absolute Gasteiger partial charge is 0.339 e. The Kier molecular flexibility index (Phi) is 7.75. The molecule has 10 nitrogen and oxygen atoms in total. The van der Waals surface area contributed by atoms with Gasteiger partial charge in [0.25, 0.3) is 20.2 Å². The molecule has 0 aliphatic carbocycles. The van der Waals surface area contributed by atoms with E-state index in [1.165, 1.54) is 48.5 Å². The fraction of sp³-hybridized carbons (Fsp3) is 0.100. The summed E-state index contributed by atoms with van der Waals surface area (Å²) < 4.78 is 62.8. The van der Waals surface area contributed by atoms with Crippen LogP contribution in [0.1, 0.15) is 13.3 Å². The zero-order valence-electron chi connectivity index (χ0n) is 16.6. The molecule has 4 N–H and O–H groups in total. The molecular formula is C20H18N4O6S2. The molecule has 0 spiro atoms. The summed E-state index contributed by atoms with van der Waals surface area (Å²) in [5.41, 5.74) is 1.01. The van der Waals surface area contributed by atoms with Crippen LogP contribution in [-0.4, -0.2) is 31.8 Å². The summed E-state index contributed by atoms with van der Waals surface area (Å²) in [4.78, 5) is 3.66. The van der Waals surface area contributed by atoms with Gasteiger partial charge in [-0.05, 0) is 60.9 Å². The average Bonchev–Trinajstić information content (AvgIpc) is 2.73. The maximum atomic E-state index is 11.2. The van der Waals surface area contributed by atoms with Gasteiger partial charge in [0, 0.05) is 11.4 Å². The Bertz CT molecular complexity index is 1350. The number of benzene rings is 2. The molecule has 0 fully saturated rings. The molecule has 0 aliphatic rings. The number of anilines is 2. The van der Waals surface area contributed by atoms with Crippen LogP contribution in [0.25, 0.3) is 0 Å². The van der Waals surface area contributed by atoms with Gasteiger partial charge in [-0.1, -0.05) is 6.92 Å². The minimum atomic E-state index is -4.35. The van der Waals surface area contributed by atoms with Gasteiger partial charge >= 0.3 is 0 Å². The van der Waals surface area contributed by atoms with E-state index in [0.717, 1.165) is 0 Å². The van der Waals surface area contributed by atoms with Gasteiger partial charge in [0.2, 0.25) is 0 Å². The predicted octanol–water partition coefficient (Wildman–Crippen LogP) is 2.88. The molecule has 0 amide bonds. The molecule has 32 heavy (non-hydrogen) atoms. The van der Waals surface area contributed by atoms with Crippen molar-refractivity contribution in [2.24, 2.45) is 4.99 Å². The quantitative estimate of drug-likeness (QED) is 0.155. The second kappa shape index (κ2) is 10.1. The van der Waals surface area contributed by atoms with Crippen LogP contribution in [0.5, 0.6) is 0 Å². The van der Waals surface area contributed by atoms with E-state index in [2.05, 4.69) is 21.5 Å². The Labute approximate surface area is 185 Å². The van der Waals surface area contributed by atoms with E-state index >= 15 is 0 Å². The Hall–Kier alpha value is -3.68. The van der Waals surface area contributed by atoms with Gasteiger partial charge in [-0.2, -0.15) is 22.1 Å². The van der Waals surface area contributed by atoms with E-state index < -0.39 is 20.2 Å². The number of terminal acetylenes is 1. The summed E-state index contributed by atoms with van der Waals surface area (Å²) in [5.74, 6) is 2.41. The normalized spacial score (nSPS) is 12.8. The first-order chi connectivity index (χ1) is 15.0. The summed E-state index contributed by atoms with van der Waals surface area (Å²) in [6.07, 6.45) is 5.82. The first-order valence-electron chi connectivity index (χ1n) is 8.85. The topological polar surface area (TPSA) is 169 Å². The van der Waals surface area contributed by atoms with Crippen LogP contribution in [0.3, 0.4) is 0 Å². The monoisotopic (exact) mass is 474 g/mol. The van der Waals surface area contributed by atoms with Gasteiger partial charge in [-0.3, -0.25) is 9.11 Å². The summed E-state index contributed by atoms with van der Waals surface area (Å²) in [5, 5.41) is 15.1. The zero-order chi connectivity index (χ0) is 23.9. The SMILES string of the molecule is C#C/C(=N\C(Nc1ccc(S(=O)(=O)O)cc1)=C(\C#N)CC)Nc1ccc(S(=O)(=O)O)cc1. The van der Waals surface area contributed by atoms with Gasteiger partial charge in [0.1, 0.15) is 5.82 Å². The first-order valence-corrected chi connectivity index (χ1v) is 11.7. The number of aliphatic imine (C=N–C) groups is 1. The Morgan fingerprint density at radius 2 is 1.38 bits per heavy atom. The molecule has 2 aromatic rings. The second-order valence-corrected chi connectivity index (χ2v) is 8.99. The highest BCUT2D eigenvalue weighted by Crippen LogP contribution is 2.19. The molecular weight excluding hydrogens is 456 g/mol. The van der Waals surface area contributed by atoms with Gasteiger partial charge in [0.15, 0.2) is 5.84 Å². The molecule has 0 atom stereocenters. The minimum Gasteiger partial charge on any atom is -0.339 e. The highest BCUT2D eigenvalue weighted by molar-refractivity contribution is 7.86. The third kappa shape index (κ3) is 6.66. The Morgan fingerprint density at radius 1 is 0.938 bits per heavy atom. The van der Waals surface area contributed by atoms with Crippen molar-refractivity contribution in [1.82, 2.24) is 0 Å². The van der Waals surface area contributed by atoms with Crippen LogP contribution < -0.4 is 10.6 Å². The number of hydrogen-bond acceptors (Lipinski definition) is 7. The van der Waals surface area contributed by atoms with Crippen LogP contribution in [0.4, 0.5) is 11.4 Å². The smallest absolute Gasteiger partial charge is 0.294 e. The molecule has 0 aromatic heterocycles. The van der Waals surface area contributed by atoms with Crippen molar-refractivity contribution < 1.29 is 25.9 Å². The lowest BCUT2D eigenvalue weighted by atomic mass is 10.2. The number of amidine groups is 1. The van der Waals surface area contributed by atoms with E-state index in [9.17, 15) is 22.1 Å². The molecule has 0 unspecified atom stereocenters. The Balaban J connectivity index is 2.37. The van der Waals surface area contributed by atoms with E-state index in [1.807, 2.05) is 6.07 Å². The van der Waals surface area contributed by atoms with Gasteiger partial charge in [-0.15, -0.1) is 6.42 Å². The predicted molar refractivity (Wildman–Crippen MR) is 119 cm³/mol. The van der Waals surface area contributed by atoms with Gasteiger partial charge < -0.3 is 10.6 Å². The van der Waals surface area contributed by atoms with E-state index in [4.69, 9.17) is 15.5 Å². The number of allylic oxidation sites excluding steroid dienone is 1. The van der Waals surface area contributed by atoms with Crippen LogP contribution in [0, 0.1) is 23.7 Å². The third-order valence-corrected chi connectivity index (χ3v) is 5.70. The number of hydrogen-bond donors (Lipinski definition) is 4. The summed E-state index contributed by atoms with van der Waals surface area (Å²) in [7, 11) is -8.70. The van der Waals surface area contributed by atoms with Crippen molar-refractivity contribution >= 4 is 37.4 Å². The van der Waals surface area contributed by atoms with E-state index in [1.54, 1.807) is 6.92 Å². The van der Waals surface area contributed by atoms with Crippen molar-refractivity contribution in [1.29, 1.82) is 5.26 Å². The fourth-order valence-corrected chi connectivity index (χ4v) is 3.33. The lowest BCUT2D eigenvalue weighted by Gasteiger charge is -2.11. The van der Waals surface area contributed by atoms with Crippen molar-refractivity contribution in [3.05, 3.63) is 59.9 Å². The van der Waals surface area contributed by atoms with E-state index in [0.29, 0.717) is 17.8 Å². The highest BCUT2D eigenvalue weighted by Gasteiger charge is 2.12. The number of rotatable bonds is 7. The van der Waals surface area contributed by atoms with E-state index in [-0.39, 0.29) is 27.0 Å². The minimum absolute atomic E-state index is 0.0112. The zero-order valence-corrected chi connectivity index (χ0v) is 18.3. The van der Waals surface area contributed by atoms with Crippen molar-refractivity contribution in [3.63, 3.8) is 0 Å². The second-order valence-electron chi connectivity index (χ2n) is 6.15. The number of nitrogens with zero attached hydrogens (tertiary/aromatic N) is 2. The van der Waals surface area contributed by atoms with Gasteiger partial charge in [0.05, 0.1) is 21.4 Å². The molecule has 0 saturated heterocycles. The third-order valence-electron chi connectivity index (χ3n) is 3.96. The van der Waals surface area contributed by atoms with Crippen molar-refractivity contribution in [3.8, 4) is 18.4 Å². The molecule has 166 valence electrons. The molecule has 12 heteroatoms. The lowest BCUT2D eigenvalue weighted by Crippen LogP contribution is -2.13. The van der Waals surface area contributed by atoms with Crippen molar-refractivity contribution in [2.45, 2.75) is 23.1 Å². The van der Waals surface area contributed by atoms with Crippen LogP contribution in [0.15, 0.2) is 74.7 Å². The maximum Gasteiger partial charge on any atom is 0.294 e. The highest BCUT2D eigenvalue weighted by atomic mass is 32.2. The summed E-state index contributed by atoms with van der Waals surface area (Å²) in [6.45, 7) is 1.73. The number of nitriles is 1. The molecule has 0 radical (unpaired) electrons. The van der Waals surface area contributed by atoms with Crippen LogP contribution in [0.2, 0.25) is 0 Å². The average molecular weight is 475 g/mol. The maximum absolute atomic E-state index is 11.2. The molecule has 0 bridgehead atoms. The first kappa shape index (κ1) is 24.6. The standard InChI is InChI=1S/C20H18N4O6S2/c1-3-14(13-21)20(23-16-7-11-18(12-8-16)32(28,29)30)24-19(4-2)22-15-5-9-17(10-6-15)31(25,26)27/h2,5-12,23H,3H2,1H3,(H,22,24)(H,25,26,27)(H,28,29,30)/b20-14+. The summed E-state index contributed by atoms with van der Waals surface area (Å²) >= 11 is 0. The summed E-state index contributed by atoms with van der Waals surface area (Å²) in [6, 6.07) is 12.2. The van der Waals surface area contributed by atoms with Crippen LogP contribution >= 0.6 is 0 Å². The number of nitrogens with one attached hydrogen (secondary N) is 2. The fourth-order valence-electron chi connectivity index (χ4n) is 2.37.